The van der Waals surface area contributed by atoms with Crippen LogP contribution >= 0.6 is 11.3 Å². The molecule has 0 atom stereocenters. The van der Waals surface area contributed by atoms with E-state index in [0.717, 1.165) is 45.9 Å². The van der Waals surface area contributed by atoms with Crippen molar-refractivity contribution in [2.75, 3.05) is 31.1 Å². The Morgan fingerprint density at radius 1 is 1.19 bits per heavy atom. The van der Waals surface area contributed by atoms with Crippen molar-refractivity contribution in [1.29, 1.82) is 0 Å². The number of carbonyl (C=O) groups excluding carboxylic acids is 1. The predicted octanol–water partition coefficient (Wildman–Crippen LogP) is 4.21. The number of aromatic nitrogens is 2. The Morgan fingerprint density at radius 3 is 2.68 bits per heavy atom. The van der Waals surface area contributed by atoms with E-state index in [1.807, 2.05) is 17.9 Å². The number of benzene rings is 1. The zero-order valence-corrected chi connectivity index (χ0v) is 18.5. The summed E-state index contributed by atoms with van der Waals surface area (Å²) in [6.45, 7) is 6.60. The van der Waals surface area contributed by atoms with Crippen LogP contribution in [0.5, 0.6) is 0 Å². The first-order chi connectivity index (χ1) is 15.0. The van der Waals surface area contributed by atoms with Crippen molar-refractivity contribution in [1.82, 2.24) is 14.9 Å². The number of hydrogen-bond acceptors (Lipinski definition) is 7. The van der Waals surface area contributed by atoms with Crippen LogP contribution in [-0.4, -0.2) is 51.9 Å². The van der Waals surface area contributed by atoms with Gasteiger partial charge in [-0.1, -0.05) is 13.3 Å². The number of carbonyl (C=O) groups is 1. The summed E-state index contributed by atoms with van der Waals surface area (Å²) in [4.78, 5) is 37.5. The van der Waals surface area contributed by atoms with E-state index < -0.39 is 0 Å². The molecule has 0 spiro atoms. The van der Waals surface area contributed by atoms with Crippen LogP contribution in [0.15, 0.2) is 30.6 Å². The van der Waals surface area contributed by atoms with E-state index in [0.29, 0.717) is 31.6 Å². The van der Waals surface area contributed by atoms with Gasteiger partial charge in [0.2, 0.25) is 0 Å². The fourth-order valence-corrected chi connectivity index (χ4v) is 5.05. The molecule has 0 saturated carbocycles. The zero-order valence-electron chi connectivity index (χ0n) is 17.7. The molecular weight excluding hydrogens is 414 g/mol. The lowest BCUT2D eigenvalue weighted by Gasteiger charge is -2.36. The molecule has 1 aromatic carbocycles. The molecule has 0 unspecified atom stereocenters. The van der Waals surface area contributed by atoms with Gasteiger partial charge in [-0.25, -0.2) is 4.98 Å². The number of amides is 1. The van der Waals surface area contributed by atoms with Gasteiger partial charge in [-0.05, 0) is 31.9 Å². The second-order valence-corrected chi connectivity index (χ2v) is 8.77. The summed E-state index contributed by atoms with van der Waals surface area (Å²) in [5.41, 5.74) is 1.81. The van der Waals surface area contributed by atoms with Gasteiger partial charge in [-0.3, -0.25) is 19.9 Å². The fraction of sp³-hybridized carbons (Fsp3) is 0.409. The Bertz CT molecular complexity index is 1120. The maximum absolute atomic E-state index is 13.1. The van der Waals surface area contributed by atoms with E-state index >= 15 is 0 Å². The van der Waals surface area contributed by atoms with E-state index in [4.69, 9.17) is 0 Å². The van der Waals surface area contributed by atoms with Gasteiger partial charge in [-0.15, -0.1) is 11.3 Å². The van der Waals surface area contributed by atoms with Gasteiger partial charge in [0.25, 0.3) is 11.6 Å². The van der Waals surface area contributed by atoms with Gasteiger partial charge in [0.05, 0.1) is 21.0 Å². The summed E-state index contributed by atoms with van der Waals surface area (Å²) in [6.07, 6.45) is 6.30. The smallest absolute Gasteiger partial charge is 0.278 e. The second kappa shape index (κ2) is 8.97. The van der Waals surface area contributed by atoms with Crippen LogP contribution in [-0.2, 0) is 6.42 Å². The van der Waals surface area contributed by atoms with Crippen LogP contribution in [0, 0.1) is 17.0 Å². The number of nitrogens with zero attached hydrogens (tertiary/aromatic N) is 5. The minimum atomic E-state index is -0.378. The maximum Gasteiger partial charge on any atom is 0.278 e. The van der Waals surface area contributed by atoms with Crippen molar-refractivity contribution < 1.29 is 9.72 Å². The lowest BCUT2D eigenvalue weighted by Crippen LogP contribution is -2.48. The Morgan fingerprint density at radius 2 is 1.97 bits per heavy atom. The third-order valence-corrected chi connectivity index (χ3v) is 6.86. The maximum atomic E-state index is 13.1. The van der Waals surface area contributed by atoms with Crippen molar-refractivity contribution in [2.45, 2.75) is 33.1 Å². The molecule has 3 heterocycles. The van der Waals surface area contributed by atoms with Gasteiger partial charge in [0, 0.05) is 55.7 Å². The number of non-ortho nitro benzene ring substituents is 1. The van der Waals surface area contributed by atoms with E-state index in [2.05, 4.69) is 21.8 Å². The third kappa shape index (κ3) is 4.23. The standard InChI is InChI=1S/C22H25N5O3S/c1-3-4-5-20-24-15(2)21(31-20)22(28)26-12-10-25(11-13-26)18-6-7-19(27(29)30)17-14-23-9-8-16(17)18/h6-9,14H,3-5,10-13H2,1-2H3. The van der Waals surface area contributed by atoms with Gasteiger partial charge in [-0.2, -0.15) is 0 Å². The molecule has 162 valence electrons. The van der Waals surface area contributed by atoms with Crippen LogP contribution in [0.1, 0.15) is 40.1 Å². The molecule has 1 aliphatic rings. The minimum absolute atomic E-state index is 0.0511. The molecule has 0 N–H and O–H groups in total. The number of thiazole rings is 1. The average Bonchev–Trinajstić information content (AvgIpc) is 3.16. The molecule has 0 radical (unpaired) electrons. The number of anilines is 1. The summed E-state index contributed by atoms with van der Waals surface area (Å²) < 4.78 is 0. The lowest BCUT2D eigenvalue weighted by molar-refractivity contribution is -0.383. The predicted molar refractivity (Wildman–Crippen MR) is 122 cm³/mol. The Kier molecular flexibility index (Phi) is 6.13. The van der Waals surface area contributed by atoms with E-state index in [-0.39, 0.29) is 16.5 Å². The number of rotatable bonds is 6. The van der Waals surface area contributed by atoms with Crippen LogP contribution in [0.25, 0.3) is 10.8 Å². The Hall–Kier alpha value is -3.07. The quantitative estimate of drug-likeness (QED) is 0.422. The first-order valence-corrected chi connectivity index (χ1v) is 11.3. The normalized spacial score (nSPS) is 14.3. The van der Waals surface area contributed by atoms with E-state index in [1.54, 1.807) is 18.5 Å². The molecule has 9 heteroatoms. The van der Waals surface area contributed by atoms with E-state index in [9.17, 15) is 14.9 Å². The van der Waals surface area contributed by atoms with Crippen molar-refractivity contribution in [3.8, 4) is 0 Å². The number of fused-ring (bicyclic) bond motifs is 1. The highest BCUT2D eigenvalue weighted by Gasteiger charge is 2.27. The molecule has 1 fully saturated rings. The molecule has 3 aromatic rings. The third-order valence-electron chi connectivity index (χ3n) is 5.66. The molecule has 0 bridgehead atoms. The largest absolute Gasteiger partial charge is 0.367 e. The highest BCUT2D eigenvalue weighted by atomic mass is 32.1. The minimum Gasteiger partial charge on any atom is -0.367 e. The first-order valence-electron chi connectivity index (χ1n) is 10.5. The average molecular weight is 440 g/mol. The molecular formula is C22H25N5O3S. The molecule has 2 aromatic heterocycles. The summed E-state index contributed by atoms with van der Waals surface area (Å²) in [6, 6.07) is 5.15. The number of unbranched alkanes of at least 4 members (excludes halogenated alkanes) is 1. The number of hydrogen-bond donors (Lipinski definition) is 0. The highest BCUT2D eigenvalue weighted by molar-refractivity contribution is 7.13. The SMILES string of the molecule is CCCCc1nc(C)c(C(=O)N2CCN(c3ccc([N+](=O)[O-])c4cnccc34)CC2)s1. The molecule has 31 heavy (non-hydrogen) atoms. The molecule has 1 saturated heterocycles. The number of nitro benzene ring substituents is 1. The molecule has 4 rings (SSSR count). The Labute approximate surface area is 184 Å². The molecule has 0 aliphatic carbocycles. The van der Waals surface area contributed by atoms with Crippen molar-refractivity contribution in [3.05, 3.63) is 56.3 Å². The molecule has 1 aliphatic heterocycles. The zero-order chi connectivity index (χ0) is 22.0. The number of piperazine rings is 1. The molecule has 1 amide bonds. The highest BCUT2D eigenvalue weighted by Crippen LogP contribution is 2.33. The summed E-state index contributed by atoms with van der Waals surface area (Å²) in [5, 5.41) is 13.7. The van der Waals surface area contributed by atoms with Crippen molar-refractivity contribution in [3.63, 3.8) is 0 Å². The summed E-state index contributed by atoms with van der Waals surface area (Å²) >= 11 is 1.52. The summed E-state index contributed by atoms with van der Waals surface area (Å²) in [7, 11) is 0. The summed E-state index contributed by atoms with van der Waals surface area (Å²) in [5.74, 6) is 0.0511. The van der Waals surface area contributed by atoms with Crippen LogP contribution < -0.4 is 4.90 Å². The van der Waals surface area contributed by atoms with Gasteiger partial charge in [0.1, 0.15) is 4.88 Å². The van der Waals surface area contributed by atoms with Crippen molar-refractivity contribution in [2.24, 2.45) is 0 Å². The lowest BCUT2D eigenvalue weighted by atomic mass is 10.1. The van der Waals surface area contributed by atoms with Crippen LogP contribution in [0.2, 0.25) is 0 Å². The van der Waals surface area contributed by atoms with Gasteiger partial charge >= 0.3 is 0 Å². The van der Waals surface area contributed by atoms with Crippen LogP contribution in [0.3, 0.4) is 0 Å². The number of pyridine rings is 1. The second-order valence-electron chi connectivity index (χ2n) is 7.69. The molecule has 8 nitrogen and oxygen atoms in total. The topological polar surface area (TPSA) is 92.5 Å². The van der Waals surface area contributed by atoms with Gasteiger partial charge in [0.15, 0.2) is 0 Å². The monoisotopic (exact) mass is 439 g/mol. The van der Waals surface area contributed by atoms with E-state index in [1.165, 1.54) is 17.4 Å². The Balaban J connectivity index is 1.49. The fourth-order valence-electron chi connectivity index (χ4n) is 3.97. The first kappa shape index (κ1) is 21.2. The van der Waals surface area contributed by atoms with Gasteiger partial charge < -0.3 is 9.80 Å². The van der Waals surface area contributed by atoms with Crippen molar-refractivity contribution >= 4 is 39.4 Å². The number of nitro groups is 1. The van der Waals surface area contributed by atoms with Crippen LogP contribution in [0.4, 0.5) is 11.4 Å². The number of aryl methyl sites for hydroxylation is 2.